The zero-order valence-corrected chi connectivity index (χ0v) is 17.8. The predicted octanol–water partition coefficient (Wildman–Crippen LogP) is 0.416. The molecule has 9 nitrogen and oxygen atoms in total. The highest BCUT2D eigenvalue weighted by molar-refractivity contribution is 6.26. The SMILES string of the molecule is COc1ccc(NC2=C(C)C(=O)C3=C(C2=O)C(CO)C2(OC)C4NC4CN32)cc1OC. The summed E-state index contributed by atoms with van der Waals surface area (Å²) in [6, 6.07) is 5.34. The Kier molecular flexibility index (Phi) is 4.40. The molecule has 4 unspecified atom stereocenters. The molecule has 1 aromatic carbocycles. The van der Waals surface area contributed by atoms with E-state index in [9.17, 15) is 14.7 Å². The largest absolute Gasteiger partial charge is 0.493 e. The topological polar surface area (TPSA) is 119 Å². The third kappa shape index (κ3) is 2.48. The molecule has 0 amide bonds. The number of nitrogens with zero attached hydrogens (tertiary/aromatic N) is 1. The molecule has 2 fully saturated rings. The molecule has 0 saturated carbocycles. The lowest BCUT2D eigenvalue weighted by Crippen LogP contribution is -2.54. The van der Waals surface area contributed by atoms with E-state index in [0.29, 0.717) is 40.6 Å². The van der Waals surface area contributed by atoms with Crippen molar-refractivity contribution in [3.63, 3.8) is 0 Å². The molecule has 4 aliphatic rings. The minimum Gasteiger partial charge on any atom is -0.493 e. The summed E-state index contributed by atoms with van der Waals surface area (Å²) in [4.78, 5) is 28.9. The number of methoxy groups -OCH3 is 3. The third-order valence-corrected chi connectivity index (χ3v) is 6.87. The van der Waals surface area contributed by atoms with E-state index in [4.69, 9.17) is 14.2 Å². The molecule has 2 saturated heterocycles. The van der Waals surface area contributed by atoms with Crippen LogP contribution in [0.5, 0.6) is 11.5 Å². The first-order chi connectivity index (χ1) is 14.9. The number of rotatable bonds is 6. The Morgan fingerprint density at radius 2 is 1.94 bits per heavy atom. The van der Waals surface area contributed by atoms with E-state index < -0.39 is 11.6 Å². The van der Waals surface area contributed by atoms with Crippen molar-refractivity contribution in [2.24, 2.45) is 5.92 Å². The highest BCUT2D eigenvalue weighted by Gasteiger charge is 2.72. The van der Waals surface area contributed by atoms with Gasteiger partial charge in [0.05, 0.1) is 44.2 Å². The summed E-state index contributed by atoms with van der Waals surface area (Å²) in [6.07, 6.45) is 0. The second-order valence-electron chi connectivity index (χ2n) is 8.17. The lowest BCUT2D eigenvalue weighted by atomic mass is 9.82. The molecule has 0 radical (unpaired) electrons. The molecule has 0 spiro atoms. The van der Waals surface area contributed by atoms with Crippen LogP contribution in [0.25, 0.3) is 0 Å². The van der Waals surface area contributed by atoms with Gasteiger partial charge in [-0.25, -0.2) is 0 Å². The van der Waals surface area contributed by atoms with Crippen LogP contribution >= 0.6 is 0 Å². The third-order valence-electron chi connectivity index (χ3n) is 6.87. The Labute approximate surface area is 179 Å². The van der Waals surface area contributed by atoms with Crippen molar-refractivity contribution >= 4 is 17.3 Å². The maximum Gasteiger partial charge on any atom is 0.208 e. The van der Waals surface area contributed by atoms with Crippen molar-refractivity contribution < 1.29 is 28.9 Å². The van der Waals surface area contributed by atoms with Gasteiger partial charge in [-0.1, -0.05) is 0 Å². The summed E-state index contributed by atoms with van der Waals surface area (Å²) < 4.78 is 16.5. The van der Waals surface area contributed by atoms with Crippen LogP contribution in [-0.4, -0.2) is 73.9 Å². The van der Waals surface area contributed by atoms with Gasteiger partial charge in [-0.2, -0.15) is 0 Å². The standard InChI is InChI=1S/C22H25N3O6/c1-10-17(23-11-5-6-14(29-2)15(7-11)30-3)20(28)16-12(9-26)22(31-4)21-13(24-21)8-25(22)18(16)19(10)27/h5-7,12-13,21,23-24,26H,8-9H2,1-4H3. The van der Waals surface area contributed by atoms with Crippen molar-refractivity contribution in [2.75, 3.05) is 39.8 Å². The van der Waals surface area contributed by atoms with Crippen LogP contribution in [-0.2, 0) is 14.3 Å². The van der Waals surface area contributed by atoms with Gasteiger partial charge in [0, 0.05) is 42.6 Å². The normalized spacial score (nSPS) is 31.0. The monoisotopic (exact) mass is 427 g/mol. The number of hydrogen-bond donors (Lipinski definition) is 3. The first-order valence-electron chi connectivity index (χ1n) is 10.2. The molecule has 1 aromatic rings. The number of benzene rings is 1. The van der Waals surface area contributed by atoms with E-state index in [2.05, 4.69) is 10.6 Å². The maximum atomic E-state index is 13.6. The number of carbonyl (C=O) groups excluding carboxylic acids is 2. The molecule has 0 aromatic heterocycles. The molecule has 3 aliphatic heterocycles. The number of ether oxygens (including phenoxy) is 3. The molecular weight excluding hydrogens is 402 g/mol. The van der Waals surface area contributed by atoms with Crippen molar-refractivity contribution in [2.45, 2.75) is 24.7 Å². The fourth-order valence-electron chi connectivity index (χ4n) is 5.35. The van der Waals surface area contributed by atoms with Crippen molar-refractivity contribution in [3.05, 3.63) is 40.7 Å². The number of hydrogen-bond acceptors (Lipinski definition) is 9. The van der Waals surface area contributed by atoms with Gasteiger partial charge >= 0.3 is 0 Å². The number of carbonyl (C=O) groups is 2. The molecule has 4 atom stereocenters. The van der Waals surface area contributed by atoms with Gasteiger partial charge in [-0.05, 0) is 19.1 Å². The lowest BCUT2D eigenvalue weighted by Gasteiger charge is -2.39. The zero-order chi connectivity index (χ0) is 22.1. The zero-order valence-electron chi connectivity index (χ0n) is 17.8. The van der Waals surface area contributed by atoms with Gasteiger partial charge in [0.1, 0.15) is 0 Å². The summed E-state index contributed by atoms with van der Waals surface area (Å²) in [5.74, 6) is -0.0938. The second-order valence-corrected chi connectivity index (χ2v) is 8.17. The molecule has 3 heterocycles. The molecule has 3 N–H and O–H groups in total. The Balaban J connectivity index is 1.53. The van der Waals surface area contributed by atoms with E-state index in [1.807, 2.05) is 4.90 Å². The number of allylic oxidation sites excluding steroid dienone is 2. The van der Waals surface area contributed by atoms with Crippen LogP contribution in [0.3, 0.4) is 0 Å². The van der Waals surface area contributed by atoms with Crippen LogP contribution in [0, 0.1) is 5.92 Å². The Bertz CT molecular complexity index is 1060. The van der Waals surface area contributed by atoms with Crippen LogP contribution < -0.4 is 20.1 Å². The first kappa shape index (κ1) is 20.0. The number of aliphatic hydroxyl groups is 1. The minimum absolute atomic E-state index is 0.0246. The molecule has 9 heteroatoms. The number of fused-ring (bicyclic) bond motifs is 4. The van der Waals surface area contributed by atoms with Gasteiger partial charge in [0.2, 0.25) is 11.6 Å². The average molecular weight is 427 g/mol. The van der Waals surface area contributed by atoms with E-state index in [0.717, 1.165) is 0 Å². The number of ketones is 2. The maximum absolute atomic E-state index is 13.6. The second kappa shape index (κ2) is 6.81. The van der Waals surface area contributed by atoms with Crippen molar-refractivity contribution in [3.8, 4) is 11.5 Å². The van der Waals surface area contributed by atoms with E-state index >= 15 is 0 Å². The Hall–Kier alpha value is -2.88. The van der Waals surface area contributed by atoms with E-state index in [1.54, 1.807) is 39.3 Å². The van der Waals surface area contributed by atoms with Crippen LogP contribution in [0.15, 0.2) is 40.7 Å². The molecule has 1 aliphatic carbocycles. The van der Waals surface area contributed by atoms with Gasteiger partial charge in [-0.3, -0.25) is 9.59 Å². The summed E-state index contributed by atoms with van der Waals surface area (Å²) in [5, 5.41) is 16.7. The van der Waals surface area contributed by atoms with Crippen LogP contribution in [0.4, 0.5) is 5.69 Å². The smallest absolute Gasteiger partial charge is 0.208 e. The fraction of sp³-hybridized carbons (Fsp3) is 0.455. The van der Waals surface area contributed by atoms with Crippen molar-refractivity contribution in [1.82, 2.24) is 10.2 Å². The van der Waals surface area contributed by atoms with Gasteiger partial charge in [-0.15, -0.1) is 0 Å². The fourth-order valence-corrected chi connectivity index (χ4v) is 5.35. The Morgan fingerprint density at radius 1 is 1.19 bits per heavy atom. The molecular formula is C22H25N3O6. The summed E-state index contributed by atoms with van der Waals surface area (Å²) >= 11 is 0. The summed E-state index contributed by atoms with van der Waals surface area (Å²) in [7, 11) is 4.63. The molecule has 31 heavy (non-hydrogen) atoms. The van der Waals surface area contributed by atoms with E-state index in [-0.39, 0.29) is 36.0 Å². The number of anilines is 1. The number of nitrogens with one attached hydrogen (secondary N) is 2. The summed E-state index contributed by atoms with van der Waals surface area (Å²) in [5.41, 5.74) is 0.860. The van der Waals surface area contributed by atoms with Crippen LogP contribution in [0.1, 0.15) is 6.92 Å². The minimum atomic E-state index is -0.922. The van der Waals surface area contributed by atoms with Gasteiger partial charge in [0.15, 0.2) is 17.2 Å². The lowest BCUT2D eigenvalue weighted by molar-refractivity contribution is -0.137. The highest BCUT2D eigenvalue weighted by Crippen LogP contribution is 2.55. The van der Waals surface area contributed by atoms with Gasteiger partial charge in [0.25, 0.3) is 0 Å². The summed E-state index contributed by atoms with van der Waals surface area (Å²) in [6.45, 7) is 1.91. The molecule has 5 rings (SSSR count). The van der Waals surface area contributed by atoms with Gasteiger partial charge < -0.3 is 34.9 Å². The average Bonchev–Trinajstić information content (AvgIpc) is 3.40. The predicted molar refractivity (Wildman–Crippen MR) is 111 cm³/mol. The first-order valence-corrected chi connectivity index (χ1v) is 10.2. The van der Waals surface area contributed by atoms with E-state index in [1.165, 1.54) is 7.11 Å². The number of aliphatic hydroxyl groups excluding tert-OH is 1. The number of Topliss-reactive ketones (excluding diaryl/α,β-unsaturated/α-hetero) is 2. The quantitative estimate of drug-likeness (QED) is 0.438. The molecule has 0 bridgehead atoms. The highest BCUT2D eigenvalue weighted by atomic mass is 16.5. The van der Waals surface area contributed by atoms with Crippen LogP contribution in [0.2, 0.25) is 0 Å². The Morgan fingerprint density at radius 3 is 2.58 bits per heavy atom. The molecule has 164 valence electrons. The number of piperazine rings is 1. The van der Waals surface area contributed by atoms with Crippen molar-refractivity contribution in [1.29, 1.82) is 0 Å².